The number of anilines is 1. The lowest BCUT2D eigenvalue weighted by Gasteiger charge is -2.01. The predicted molar refractivity (Wildman–Crippen MR) is 49.3 cm³/mol. The molecule has 1 aliphatic rings. The van der Waals surface area contributed by atoms with Gasteiger partial charge in [0, 0.05) is 19.0 Å². The van der Waals surface area contributed by atoms with Crippen molar-refractivity contribution in [3.8, 4) is 0 Å². The minimum atomic E-state index is 0.711. The zero-order valence-corrected chi connectivity index (χ0v) is 7.43. The molecule has 0 amide bonds. The second-order valence-electron chi connectivity index (χ2n) is 3.44. The van der Waals surface area contributed by atoms with E-state index in [1.54, 1.807) is 0 Å². The summed E-state index contributed by atoms with van der Waals surface area (Å²) in [5.74, 6) is 1.74. The van der Waals surface area contributed by atoms with Crippen LogP contribution in [0.2, 0.25) is 0 Å². The summed E-state index contributed by atoms with van der Waals surface area (Å²) in [6.07, 6.45) is 5.36. The Balaban J connectivity index is 2.11. The average Bonchev–Trinajstić information content (AvgIpc) is 2.75. The molecule has 0 radical (unpaired) electrons. The van der Waals surface area contributed by atoms with Gasteiger partial charge in [0.1, 0.15) is 5.82 Å². The number of aromatic amines is 1. The Morgan fingerprint density at radius 2 is 2.25 bits per heavy atom. The SMILES string of the molecule is CNc1cc(C2CCCC2)n[nH]1. The first kappa shape index (κ1) is 7.65. The second-order valence-corrected chi connectivity index (χ2v) is 3.44. The Bertz CT molecular complexity index is 248. The van der Waals surface area contributed by atoms with Crippen LogP contribution in [-0.2, 0) is 0 Å². The third-order valence-electron chi connectivity index (χ3n) is 2.64. The largest absolute Gasteiger partial charge is 0.374 e. The number of rotatable bonds is 2. The lowest BCUT2D eigenvalue weighted by Crippen LogP contribution is -1.91. The Morgan fingerprint density at radius 3 is 2.83 bits per heavy atom. The molecule has 0 aromatic carbocycles. The maximum absolute atomic E-state index is 4.28. The van der Waals surface area contributed by atoms with E-state index in [9.17, 15) is 0 Å². The van der Waals surface area contributed by atoms with Crippen molar-refractivity contribution in [2.24, 2.45) is 0 Å². The molecule has 1 heterocycles. The number of hydrogen-bond donors (Lipinski definition) is 2. The maximum atomic E-state index is 4.28. The van der Waals surface area contributed by atoms with Gasteiger partial charge in [0.05, 0.1) is 5.69 Å². The molecule has 1 saturated carbocycles. The third-order valence-corrected chi connectivity index (χ3v) is 2.64. The lowest BCUT2D eigenvalue weighted by molar-refractivity contribution is 0.693. The minimum absolute atomic E-state index is 0.711. The van der Waals surface area contributed by atoms with Gasteiger partial charge in [0.15, 0.2) is 0 Å². The molecule has 0 spiro atoms. The van der Waals surface area contributed by atoms with Crippen LogP contribution in [0.3, 0.4) is 0 Å². The highest BCUT2D eigenvalue weighted by Gasteiger charge is 2.19. The minimum Gasteiger partial charge on any atom is -0.374 e. The fourth-order valence-electron chi connectivity index (χ4n) is 1.90. The molecule has 0 aliphatic heterocycles. The van der Waals surface area contributed by atoms with E-state index in [0.717, 1.165) is 5.82 Å². The average molecular weight is 165 g/mol. The van der Waals surface area contributed by atoms with Crippen LogP contribution in [0.1, 0.15) is 37.3 Å². The number of nitrogens with one attached hydrogen (secondary N) is 2. The van der Waals surface area contributed by atoms with Crippen molar-refractivity contribution in [2.75, 3.05) is 12.4 Å². The van der Waals surface area contributed by atoms with Crippen LogP contribution in [0.4, 0.5) is 5.82 Å². The molecule has 3 heteroatoms. The molecule has 1 fully saturated rings. The first-order valence-electron chi connectivity index (χ1n) is 4.63. The molecule has 66 valence electrons. The summed E-state index contributed by atoms with van der Waals surface area (Å²) in [5, 5.41) is 10.3. The summed E-state index contributed by atoms with van der Waals surface area (Å²) in [5.41, 5.74) is 1.23. The van der Waals surface area contributed by atoms with Crippen LogP contribution in [0, 0.1) is 0 Å². The fourth-order valence-corrected chi connectivity index (χ4v) is 1.90. The van der Waals surface area contributed by atoms with Crippen LogP contribution < -0.4 is 5.32 Å². The molecule has 12 heavy (non-hydrogen) atoms. The van der Waals surface area contributed by atoms with Crippen LogP contribution in [0.15, 0.2) is 6.07 Å². The van der Waals surface area contributed by atoms with Gasteiger partial charge in [-0.25, -0.2) is 0 Å². The summed E-state index contributed by atoms with van der Waals surface area (Å²) in [4.78, 5) is 0. The van der Waals surface area contributed by atoms with Crippen molar-refractivity contribution in [1.29, 1.82) is 0 Å². The normalized spacial score (nSPS) is 18.4. The van der Waals surface area contributed by atoms with Crippen molar-refractivity contribution in [1.82, 2.24) is 10.2 Å². The van der Waals surface area contributed by atoms with E-state index in [4.69, 9.17) is 0 Å². The molecular weight excluding hydrogens is 150 g/mol. The van der Waals surface area contributed by atoms with E-state index in [0.29, 0.717) is 5.92 Å². The van der Waals surface area contributed by atoms with Crippen LogP contribution in [0.5, 0.6) is 0 Å². The Kier molecular flexibility index (Phi) is 2.02. The molecule has 2 rings (SSSR count). The topological polar surface area (TPSA) is 40.7 Å². The molecule has 1 aliphatic carbocycles. The Labute approximate surface area is 72.6 Å². The Hall–Kier alpha value is -0.990. The van der Waals surface area contributed by atoms with Crippen molar-refractivity contribution < 1.29 is 0 Å². The van der Waals surface area contributed by atoms with Crippen molar-refractivity contribution in [3.63, 3.8) is 0 Å². The highest BCUT2D eigenvalue weighted by Crippen LogP contribution is 2.33. The van der Waals surface area contributed by atoms with Gasteiger partial charge in [-0.05, 0) is 12.8 Å². The third kappa shape index (κ3) is 1.31. The van der Waals surface area contributed by atoms with E-state index in [-0.39, 0.29) is 0 Å². The standard InChI is InChI=1S/C9H15N3/c1-10-9-6-8(11-12-9)7-4-2-3-5-7/h6-7H,2-5H2,1H3,(H2,10,11,12). The molecule has 3 nitrogen and oxygen atoms in total. The number of H-pyrrole nitrogens is 1. The van der Waals surface area contributed by atoms with Gasteiger partial charge in [0.2, 0.25) is 0 Å². The second kappa shape index (κ2) is 3.17. The summed E-state index contributed by atoms with van der Waals surface area (Å²) >= 11 is 0. The van der Waals surface area contributed by atoms with E-state index in [1.165, 1.54) is 31.4 Å². The smallest absolute Gasteiger partial charge is 0.121 e. The summed E-state index contributed by atoms with van der Waals surface area (Å²) in [7, 11) is 1.91. The van der Waals surface area contributed by atoms with Gasteiger partial charge < -0.3 is 5.32 Å². The summed E-state index contributed by atoms with van der Waals surface area (Å²) in [6, 6.07) is 2.12. The van der Waals surface area contributed by atoms with Crippen molar-refractivity contribution in [2.45, 2.75) is 31.6 Å². The van der Waals surface area contributed by atoms with Gasteiger partial charge >= 0.3 is 0 Å². The molecule has 1 aromatic heterocycles. The quantitative estimate of drug-likeness (QED) is 0.704. The lowest BCUT2D eigenvalue weighted by atomic mass is 10.0. The molecule has 0 atom stereocenters. The zero-order chi connectivity index (χ0) is 8.39. The highest BCUT2D eigenvalue weighted by molar-refractivity contribution is 5.35. The fraction of sp³-hybridized carbons (Fsp3) is 0.667. The van der Waals surface area contributed by atoms with E-state index >= 15 is 0 Å². The predicted octanol–water partition coefficient (Wildman–Crippen LogP) is 2.11. The summed E-state index contributed by atoms with van der Waals surface area (Å²) in [6.45, 7) is 0. The van der Waals surface area contributed by atoms with E-state index < -0.39 is 0 Å². The van der Waals surface area contributed by atoms with Gasteiger partial charge in [-0.15, -0.1) is 0 Å². The maximum Gasteiger partial charge on any atom is 0.121 e. The molecule has 2 N–H and O–H groups in total. The van der Waals surface area contributed by atoms with Gasteiger partial charge in [-0.2, -0.15) is 5.10 Å². The molecule has 1 aromatic rings. The number of hydrogen-bond acceptors (Lipinski definition) is 2. The first-order chi connectivity index (χ1) is 5.90. The van der Waals surface area contributed by atoms with Crippen molar-refractivity contribution in [3.05, 3.63) is 11.8 Å². The molecule has 0 bridgehead atoms. The monoisotopic (exact) mass is 165 g/mol. The van der Waals surface area contributed by atoms with E-state index in [1.807, 2.05) is 7.05 Å². The van der Waals surface area contributed by atoms with Crippen LogP contribution >= 0.6 is 0 Å². The first-order valence-corrected chi connectivity index (χ1v) is 4.63. The van der Waals surface area contributed by atoms with Gasteiger partial charge in [0.25, 0.3) is 0 Å². The van der Waals surface area contributed by atoms with E-state index in [2.05, 4.69) is 21.6 Å². The van der Waals surface area contributed by atoms with Crippen LogP contribution in [-0.4, -0.2) is 17.2 Å². The molecule has 0 unspecified atom stereocenters. The highest BCUT2D eigenvalue weighted by atomic mass is 15.2. The van der Waals surface area contributed by atoms with Gasteiger partial charge in [-0.1, -0.05) is 12.8 Å². The Morgan fingerprint density at radius 1 is 1.50 bits per heavy atom. The van der Waals surface area contributed by atoms with Crippen LogP contribution in [0.25, 0.3) is 0 Å². The summed E-state index contributed by atoms with van der Waals surface area (Å²) < 4.78 is 0. The zero-order valence-electron chi connectivity index (χ0n) is 7.43. The molecule has 0 saturated heterocycles. The van der Waals surface area contributed by atoms with Gasteiger partial charge in [-0.3, -0.25) is 5.10 Å². The number of aromatic nitrogens is 2. The number of nitrogens with zero attached hydrogens (tertiary/aromatic N) is 1. The molecular formula is C9H15N3. The van der Waals surface area contributed by atoms with Crippen molar-refractivity contribution >= 4 is 5.82 Å².